The Hall–Kier alpha value is -2.01. The van der Waals surface area contributed by atoms with E-state index in [2.05, 4.69) is 4.74 Å². The van der Waals surface area contributed by atoms with Crippen LogP contribution in [0, 0.1) is 0 Å². The van der Waals surface area contributed by atoms with Crippen molar-refractivity contribution in [3.63, 3.8) is 0 Å². The molecule has 0 amide bonds. The average Bonchev–Trinajstić information content (AvgIpc) is 3.12. The fourth-order valence-corrected chi connectivity index (χ4v) is 3.46. The molecule has 5 heteroatoms. The summed E-state index contributed by atoms with van der Waals surface area (Å²) in [7, 11) is 1.27. The number of benzene rings is 1. The van der Waals surface area contributed by atoms with Crippen LogP contribution in [0.15, 0.2) is 45.7 Å². The number of thioether (sulfide) groups is 1. The smallest absolute Gasteiger partial charge is 0.373 e. The lowest BCUT2D eigenvalue weighted by molar-refractivity contribution is 0.0563. The van der Waals surface area contributed by atoms with E-state index in [-0.39, 0.29) is 23.2 Å². The Balaban J connectivity index is 1.87. The van der Waals surface area contributed by atoms with Crippen molar-refractivity contribution in [3.8, 4) is 0 Å². The number of rotatable bonds is 3. The molecule has 0 N–H and O–H groups in total. The molecule has 1 atom stereocenters. The quantitative estimate of drug-likeness (QED) is 0.641. The lowest BCUT2D eigenvalue weighted by atomic mass is 9.95. The molecule has 1 aliphatic heterocycles. The first-order valence-electron chi connectivity index (χ1n) is 6.15. The number of hydrogen-bond donors (Lipinski definition) is 0. The maximum Gasteiger partial charge on any atom is 0.373 e. The number of hydrogen-bond acceptors (Lipinski definition) is 5. The SMILES string of the molecule is COC(=O)c1ccc(C(=O)C2CSc3ccccc32)o1. The topological polar surface area (TPSA) is 56.5 Å². The van der Waals surface area contributed by atoms with Crippen LogP contribution in [-0.4, -0.2) is 24.6 Å². The lowest BCUT2D eigenvalue weighted by Crippen LogP contribution is -2.11. The van der Waals surface area contributed by atoms with Crippen molar-refractivity contribution in [3.05, 3.63) is 53.5 Å². The number of ketones is 1. The number of ether oxygens (including phenoxy) is 1. The van der Waals surface area contributed by atoms with Crippen LogP contribution in [0.2, 0.25) is 0 Å². The zero-order valence-corrected chi connectivity index (χ0v) is 11.6. The number of fused-ring (bicyclic) bond motifs is 1. The second kappa shape index (κ2) is 5.17. The Morgan fingerprint density at radius 2 is 1.95 bits per heavy atom. The largest absolute Gasteiger partial charge is 0.463 e. The minimum Gasteiger partial charge on any atom is -0.463 e. The molecule has 0 bridgehead atoms. The summed E-state index contributed by atoms with van der Waals surface area (Å²) in [6.45, 7) is 0. The maximum atomic E-state index is 12.5. The highest BCUT2D eigenvalue weighted by molar-refractivity contribution is 7.99. The summed E-state index contributed by atoms with van der Waals surface area (Å²) >= 11 is 1.66. The molecule has 0 radical (unpaired) electrons. The van der Waals surface area contributed by atoms with E-state index in [1.807, 2.05) is 24.3 Å². The van der Waals surface area contributed by atoms with Crippen molar-refractivity contribution in [2.75, 3.05) is 12.9 Å². The minimum atomic E-state index is -0.578. The summed E-state index contributed by atoms with van der Waals surface area (Å²) in [6.07, 6.45) is 0. The van der Waals surface area contributed by atoms with Crippen molar-refractivity contribution in [2.24, 2.45) is 0 Å². The Bertz CT molecular complexity index is 674. The molecule has 2 heterocycles. The van der Waals surface area contributed by atoms with Crippen LogP contribution < -0.4 is 0 Å². The van der Waals surface area contributed by atoms with Gasteiger partial charge < -0.3 is 9.15 Å². The lowest BCUT2D eigenvalue weighted by Gasteiger charge is -2.07. The van der Waals surface area contributed by atoms with Crippen molar-refractivity contribution < 1.29 is 18.7 Å². The van der Waals surface area contributed by atoms with Crippen molar-refractivity contribution in [2.45, 2.75) is 10.8 Å². The summed E-state index contributed by atoms with van der Waals surface area (Å²) in [5, 5.41) is 0. The molecule has 1 unspecified atom stereocenters. The highest BCUT2D eigenvalue weighted by atomic mass is 32.2. The molecule has 1 aromatic heterocycles. The molecule has 3 rings (SSSR count). The van der Waals surface area contributed by atoms with Gasteiger partial charge in [-0.15, -0.1) is 11.8 Å². The van der Waals surface area contributed by atoms with Gasteiger partial charge in [0, 0.05) is 10.6 Å². The number of methoxy groups -OCH3 is 1. The fourth-order valence-electron chi connectivity index (χ4n) is 2.23. The van der Waals surface area contributed by atoms with E-state index in [1.165, 1.54) is 19.2 Å². The van der Waals surface area contributed by atoms with Crippen molar-refractivity contribution in [1.29, 1.82) is 0 Å². The van der Waals surface area contributed by atoms with Gasteiger partial charge in [-0.05, 0) is 23.8 Å². The highest BCUT2D eigenvalue weighted by Gasteiger charge is 2.31. The van der Waals surface area contributed by atoms with Gasteiger partial charge in [-0.25, -0.2) is 4.79 Å². The summed E-state index contributed by atoms with van der Waals surface area (Å²) in [5.74, 6) is 0.0603. The number of esters is 1. The third kappa shape index (κ3) is 2.14. The standard InChI is InChI=1S/C15H12O4S/c1-18-15(17)12-7-6-11(19-12)14(16)10-8-20-13-5-3-2-4-9(10)13/h2-7,10H,8H2,1H3. The zero-order valence-electron chi connectivity index (χ0n) is 10.8. The van der Waals surface area contributed by atoms with Gasteiger partial charge in [-0.3, -0.25) is 4.79 Å². The first-order chi connectivity index (χ1) is 9.70. The van der Waals surface area contributed by atoms with Gasteiger partial charge in [0.25, 0.3) is 0 Å². The third-order valence-corrected chi connectivity index (χ3v) is 4.43. The van der Waals surface area contributed by atoms with Crippen LogP contribution >= 0.6 is 11.8 Å². The number of carbonyl (C=O) groups is 2. The van der Waals surface area contributed by atoms with E-state index >= 15 is 0 Å². The minimum absolute atomic E-state index is 0.0507. The van der Waals surface area contributed by atoms with Gasteiger partial charge in [0.15, 0.2) is 5.76 Å². The van der Waals surface area contributed by atoms with E-state index in [1.54, 1.807) is 11.8 Å². The molecule has 102 valence electrons. The molecule has 0 fully saturated rings. The summed E-state index contributed by atoms with van der Waals surface area (Å²) < 4.78 is 9.86. The molecular formula is C15H12O4S. The first-order valence-corrected chi connectivity index (χ1v) is 7.13. The van der Waals surface area contributed by atoms with Gasteiger partial charge >= 0.3 is 5.97 Å². The second-order valence-electron chi connectivity index (χ2n) is 4.42. The molecule has 4 nitrogen and oxygen atoms in total. The maximum absolute atomic E-state index is 12.5. The number of furan rings is 1. The van der Waals surface area contributed by atoms with E-state index in [0.717, 1.165) is 10.5 Å². The normalized spacial score (nSPS) is 16.8. The molecule has 20 heavy (non-hydrogen) atoms. The van der Waals surface area contributed by atoms with Crippen LogP contribution in [0.5, 0.6) is 0 Å². The molecule has 1 aromatic carbocycles. The van der Waals surface area contributed by atoms with Crippen LogP contribution in [0.1, 0.15) is 32.6 Å². The van der Waals surface area contributed by atoms with Gasteiger partial charge in [0.05, 0.1) is 13.0 Å². The predicted octanol–water partition coefficient (Wildman–Crippen LogP) is 3.14. The monoisotopic (exact) mass is 288 g/mol. The molecule has 2 aromatic rings. The highest BCUT2D eigenvalue weighted by Crippen LogP contribution is 2.40. The summed E-state index contributed by atoms with van der Waals surface area (Å²) in [6, 6.07) is 10.8. The molecule has 1 aliphatic rings. The molecule has 0 saturated carbocycles. The van der Waals surface area contributed by atoms with E-state index < -0.39 is 5.97 Å². The first kappa shape index (κ1) is 13.0. The van der Waals surface area contributed by atoms with E-state index in [4.69, 9.17) is 4.42 Å². The zero-order chi connectivity index (χ0) is 14.1. The Morgan fingerprint density at radius 1 is 1.20 bits per heavy atom. The molecule has 0 saturated heterocycles. The van der Waals surface area contributed by atoms with Gasteiger partial charge in [-0.2, -0.15) is 0 Å². The predicted molar refractivity (Wildman–Crippen MR) is 74.3 cm³/mol. The molecule has 0 aliphatic carbocycles. The van der Waals surface area contributed by atoms with Crippen LogP contribution in [0.3, 0.4) is 0 Å². The van der Waals surface area contributed by atoms with Gasteiger partial charge in [-0.1, -0.05) is 18.2 Å². The van der Waals surface area contributed by atoms with Crippen LogP contribution in [0.25, 0.3) is 0 Å². The second-order valence-corrected chi connectivity index (χ2v) is 5.48. The van der Waals surface area contributed by atoms with E-state index in [0.29, 0.717) is 5.75 Å². The summed E-state index contributed by atoms with van der Waals surface area (Å²) in [4.78, 5) is 24.9. The average molecular weight is 288 g/mol. The Kier molecular flexibility index (Phi) is 3.36. The summed E-state index contributed by atoms with van der Waals surface area (Å²) in [5.41, 5.74) is 1.03. The Morgan fingerprint density at radius 3 is 2.75 bits per heavy atom. The number of carbonyl (C=O) groups excluding carboxylic acids is 2. The van der Waals surface area contributed by atoms with Crippen LogP contribution in [0.4, 0.5) is 0 Å². The number of Topliss-reactive ketones (excluding diaryl/α,β-unsaturated/α-hetero) is 1. The van der Waals surface area contributed by atoms with Crippen molar-refractivity contribution >= 4 is 23.5 Å². The molecular weight excluding hydrogens is 276 g/mol. The Labute approximate surface area is 120 Å². The molecule has 0 spiro atoms. The van der Waals surface area contributed by atoms with Crippen molar-refractivity contribution in [1.82, 2.24) is 0 Å². The fraction of sp³-hybridized carbons (Fsp3) is 0.200. The van der Waals surface area contributed by atoms with E-state index in [9.17, 15) is 9.59 Å². The van der Waals surface area contributed by atoms with Gasteiger partial charge in [0.1, 0.15) is 0 Å². The third-order valence-electron chi connectivity index (χ3n) is 3.25. The van der Waals surface area contributed by atoms with Gasteiger partial charge in [0.2, 0.25) is 11.5 Å². The van der Waals surface area contributed by atoms with Crippen LogP contribution in [-0.2, 0) is 4.74 Å².